The highest BCUT2D eigenvalue weighted by molar-refractivity contribution is 6.43. The summed E-state index contributed by atoms with van der Waals surface area (Å²) in [5.41, 5.74) is -0.623. The van der Waals surface area contributed by atoms with Gasteiger partial charge in [0, 0.05) is 6.20 Å². The Morgan fingerprint density at radius 3 is 2.46 bits per heavy atom. The van der Waals surface area contributed by atoms with E-state index in [9.17, 15) is 8.78 Å². The monoisotopic (exact) mass is 222 g/mol. The maximum absolute atomic E-state index is 12.2. The van der Waals surface area contributed by atoms with E-state index in [1.807, 2.05) is 0 Å². The summed E-state index contributed by atoms with van der Waals surface area (Å²) < 4.78 is 24.4. The molecule has 0 bridgehead atoms. The molecule has 0 saturated carbocycles. The molecule has 2 nitrogen and oxygen atoms in total. The molecule has 0 atom stereocenters. The topological polar surface area (TPSA) is 36.7 Å². The van der Waals surface area contributed by atoms with Gasteiger partial charge in [-0.25, -0.2) is 13.8 Å². The molecule has 0 unspecified atom stereocenters. The average Bonchev–Trinajstić information content (AvgIpc) is 2.09. The summed E-state index contributed by atoms with van der Waals surface area (Å²) in [6.07, 6.45) is -1.90. The number of alkyl halides is 2. The van der Waals surface area contributed by atoms with Crippen LogP contribution in [0.3, 0.4) is 0 Å². The van der Waals surface area contributed by atoms with Crippen molar-refractivity contribution < 1.29 is 8.78 Å². The molecule has 0 fully saturated rings. The van der Waals surface area contributed by atoms with E-state index in [1.54, 1.807) is 6.07 Å². The molecule has 0 aliphatic rings. The molecule has 1 heterocycles. The molecule has 0 aliphatic carbocycles. The smallest absolute Gasteiger partial charge is 0.243 e. The maximum Gasteiger partial charge on any atom is 0.266 e. The molecule has 1 rings (SSSR count). The van der Waals surface area contributed by atoms with Gasteiger partial charge in [-0.1, -0.05) is 23.2 Å². The number of hydrogen-bond donors (Lipinski definition) is 0. The molecule has 0 amide bonds. The Morgan fingerprint density at radius 2 is 2.00 bits per heavy atom. The Balaban J connectivity index is 3.33. The predicted molar refractivity (Wildman–Crippen MR) is 43.9 cm³/mol. The molecule has 0 aliphatic heterocycles. The van der Waals surface area contributed by atoms with E-state index in [-0.39, 0.29) is 15.7 Å². The van der Waals surface area contributed by atoms with Crippen molar-refractivity contribution in [3.05, 3.63) is 27.5 Å². The highest BCUT2D eigenvalue weighted by atomic mass is 35.5. The van der Waals surface area contributed by atoms with Crippen molar-refractivity contribution >= 4 is 23.2 Å². The van der Waals surface area contributed by atoms with Crippen LogP contribution in [0.25, 0.3) is 0 Å². The number of aromatic nitrogens is 1. The second kappa shape index (κ2) is 3.86. The third-order valence-corrected chi connectivity index (χ3v) is 2.20. The first-order chi connectivity index (χ1) is 6.07. The molecule has 0 radical (unpaired) electrons. The molecule has 0 aromatic carbocycles. The Hall–Kier alpha value is -0.920. The maximum atomic E-state index is 12.2. The van der Waals surface area contributed by atoms with Crippen molar-refractivity contribution in [2.75, 3.05) is 0 Å². The van der Waals surface area contributed by atoms with Gasteiger partial charge in [0.2, 0.25) is 0 Å². The Bertz CT molecular complexity index is 373. The van der Waals surface area contributed by atoms with Crippen molar-refractivity contribution in [2.24, 2.45) is 0 Å². The molecule has 6 heteroatoms. The van der Waals surface area contributed by atoms with Gasteiger partial charge in [0.25, 0.3) is 6.43 Å². The normalized spacial score (nSPS) is 10.2. The van der Waals surface area contributed by atoms with Crippen LogP contribution >= 0.6 is 23.2 Å². The van der Waals surface area contributed by atoms with Crippen LogP contribution < -0.4 is 0 Å². The summed E-state index contributed by atoms with van der Waals surface area (Å²) in [6, 6.07) is 1.63. The van der Waals surface area contributed by atoms with Gasteiger partial charge in [-0.15, -0.1) is 0 Å². The van der Waals surface area contributed by atoms with Gasteiger partial charge >= 0.3 is 0 Å². The van der Waals surface area contributed by atoms with Gasteiger partial charge in [-0.3, -0.25) is 0 Å². The summed E-state index contributed by atoms with van der Waals surface area (Å²) in [5.74, 6) is 0. The number of hydrogen-bond acceptors (Lipinski definition) is 2. The Kier molecular flexibility index (Phi) is 3.02. The first kappa shape index (κ1) is 10.2. The summed E-state index contributed by atoms with van der Waals surface area (Å²) in [6.45, 7) is 0. The predicted octanol–water partition coefficient (Wildman–Crippen LogP) is 3.20. The van der Waals surface area contributed by atoms with Gasteiger partial charge < -0.3 is 0 Å². The third kappa shape index (κ3) is 1.87. The van der Waals surface area contributed by atoms with E-state index in [2.05, 4.69) is 4.98 Å². The number of halogens is 4. The van der Waals surface area contributed by atoms with Crippen molar-refractivity contribution in [3.63, 3.8) is 0 Å². The summed E-state index contributed by atoms with van der Waals surface area (Å²) in [5, 5.41) is 7.88. The molecule has 13 heavy (non-hydrogen) atoms. The van der Waals surface area contributed by atoms with Crippen LogP contribution in [0.1, 0.15) is 17.7 Å². The minimum Gasteiger partial charge on any atom is -0.243 e. The summed E-state index contributed by atoms with van der Waals surface area (Å²) >= 11 is 11.0. The summed E-state index contributed by atoms with van der Waals surface area (Å²) in [4.78, 5) is 3.42. The van der Waals surface area contributed by atoms with Crippen molar-refractivity contribution in [3.8, 4) is 6.07 Å². The fourth-order valence-corrected chi connectivity index (χ4v) is 1.13. The zero-order valence-corrected chi connectivity index (χ0v) is 7.57. The molecule has 1 aromatic heterocycles. The van der Waals surface area contributed by atoms with Crippen LogP contribution in [-0.2, 0) is 0 Å². The summed E-state index contributed by atoms with van der Waals surface area (Å²) in [7, 11) is 0. The lowest BCUT2D eigenvalue weighted by molar-refractivity contribution is 0.151. The largest absolute Gasteiger partial charge is 0.266 e. The van der Waals surface area contributed by atoms with Crippen molar-refractivity contribution in [1.29, 1.82) is 5.26 Å². The quantitative estimate of drug-likeness (QED) is 0.732. The van der Waals surface area contributed by atoms with E-state index in [1.165, 1.54) is 0 Å². The van der Waals surface area contributed by atoms with Crippen LogP contribution in [0, 0.1) is 11.3 Å². The molecule has 68 valence electrons. The first-order valence-electron chi connectivity index (χ1n) is 3.10. The Labute approximate surface area is 82.7 Å². The van der Waals surface area contributed by atoms with Crippen LogP contribution in [0.15, 0.2) is 6.20 Å². The minimum atomic E-state index is -2.75. The van der Waals surface area contributed by atoms with Crippen molar-refractivity contribution in [2.45, 2.75) is 6.43 Å². The van der Waals surface area contributed by atoms with Crippen LogP contribution in [0.5, 0.6) is 0 Å². The second-order valence-electron chi connectivity index (χ2n) is 2.10. The van der Waals surface area contributed by atoms with Gasteiger partial charge in [0.1, 0.15) is 6.07 Å². The fourth-order valence-electron chi connectivity index (χ4n) is 0.708. The fraction of sp³-hybridized carbons (Fsp3) is 0.143. The van der Waals surface area contributed by atoms with E-state index in [0.717, 1.165) is 6.20 Å². The number of nitrogens with zero attached hydrogens (tertiary/aromatic N) is 2. The van der Waals surface area contributed by atoms with Gasteiger partial charge in [-0.05, 0) is 0 Å². The highest BCUT2D eigenvalue weighted by Gasteiger charge is 2.17. The first-order valence-corrected chi connectivity index (χ1v) is 3.85. The van der Waals surface area contributed by atoms with E-state index < -0.39 is 12.0 Å². The zero-order chi connectivity index (χ0) is 10.0. The van der Waals surface area contributed by atoms with E-state index in [4.69, 9.17) is 28.5 Å². The number of rotatable bonds is 1. The van der Waals surface area contributed by atoms with E-state index in [0.29, 0.717) is 0 Å². The van der Waals surface area contributed by atoms with Gasteiger partial charge in [0.15, 0.2) is 5.69 Å². The standard InChI is InChI=1S/C7H2Cl2F2N2/c8-5-3(7(10)11)2-13-4(1-12)6(5)9/h2,7H. The minimum absolute atomic E-state index is 0.156. The second-order valence-corrected chi connectivity index (χ2v) is 2.86. The SMILES string of the molecule is N#Cc1ncc(C(F)F)c(Cl)c1Cl. The molecular formula is C7H2Cl2F2N2. The molecule has 0 saturated heterocycles. The molecule has 0 spiro atoms. The third-order valence-electron chi connectivity index (χ3n) is 1.33. The lowest BCUT2D eigenvalue weighted by Gasteiger charge is -2.03. The van der Waals surface area contributed by atoms with Crippen molar-refractivity contribution in [1.82, 2.24) is 4.98 Å². The van der Waals surface area contributed by atoms with E-state index >= 15 is 0 Å². The van der Waals surface area contributed by atoms with Crippen LogP contribution in [-0.4, -0.2) is 4.98 Å². The Morgan fingerprint density at radius 1 is 1.38 bits per heavy atom. The lowest BCUT2D eigenvalue weighted by Crippen LogP contribution is -1.92. The number of pyridine rings is 1. The molecule has 1 aromatic rings. The van der Waals surface area contributed by atoms with Gasteiger partial charge in [-0.2, -0.15) is 5.26 Å². The van der Waals surface area contributed by atoms with Crippen LogP contribution in [0.4, 0.5) is 8.78 Å². The molecular weight excluding hydrogens is 221 g/mol. The zero-order valence-electron chi connectivity index (χ0n) is 6.06. The van der Waals surface area contributed by atoms with Gasteiger partial charge in [0.05, 0.1) is 15.6 Å². The van der Waals surface area contributed by atoms with Crippen LogP contribution in [0.2, 0.25) is 10.0 Å². The molecule has 0 N–H and O–H groups in total. The average molecular weight is 223 g/mol. The lowest BCUT2D eigenvalue weighted by atomic mass is 10.2. The highest BCUT2D eigenvalue weighted by Crippen LogP contribution is 2.33. The number of nitriles is 1.